The maximum Gasteiger partial charge on any atom is 0.252 e. The van der Waals surface area contributed by atoms with Crippen LogP contribution in [0.4, 0.5) is 0 Å². The molecular formula is C21H20N2O3. The van der Waals surface area contributed by atoms with Crippen molar-refractivity contribution in [2.45, 2.75) is 18.9 Å². The van der Waals surface area contributed by atoms with Crippen molar-refractivity contribution in [1.29, 1.82) is 0 Å². The highest BCUT2D eigenvalue weighted by Gasteiger charge is 2.20. The van der Waals surface area contributed by atoms with Crippen LogP contribution in [0.2, 0.25) is 0 Å². The van der Waals surface area contributed by atoms with E-state index in [4.69, 9.17) is 9.15 Å². The molecule has 132 valence electrons. The molecule has 0 saturated carbocycles. The second-order valence-corrected chi connectivity index (χ2v) is 6.29. The molecule has 5 heteroatoms. The number of oxazole rings is 1. The van der Waals surface area contributed by atoms with Gasteiger partial charge in [0.1, 0.15) is 0 Å². The van der Waals surface area contributed by atoms with E-state index in [9.17, 15) is 4.79 Å². The summed E-state index contributed by atoms with van der Waals surface area (Å²) in [6, 6.07) is 17.1. The summed E-state index contributed by atoms with van der Waals surface area (Å²) < 4.78 is 11.5. The average molecular weight is 348 g/mol. The van der Waals surface area contributed by atoms with E-state index in [-0.39, 0.29) is 12.0 Å². The number of carbonyl (C=O) groups excluding carboxylic acids is 1. The highest BCUT2D eigenvalue weighted by molar-refractivity contribution is 6.00. The Balaban J connectivity index is 1.56. The molecule has 1 amide bonds. The number of carbonyl (C=O) groups is 1. The van der Waals surface area contributed by atoms with Gasteiger partial charge in [0.05, 0.1) is 17.9 Å². The van der Waals surface area contributed by atoms with Crippen LogP contribution in [0, 0.1) is 0 Å². The van der Waals surface area contributed by atoms with Gasteiger partial charge in [-0.1, -0.05) is 42.5 Å². The van der Waals surface area contributed by atoms with Gasteiger partial charge in [-0.05, 0) is 25.0 Å². The van der Waals surface area contributed by atoms with Gasteiger partial charge in [0.15, 0.2) is 5.76 Å². The van der Waals surface area contributed by atoms with Gasteiger partial charge in [-0.15, -0.1) is 0 Å². The lowest BCUT2D eigenvalue weighted by atomic mass is 10.1. The quantitative estimate of drug-likeness (QED) is 0.759. The predicted molar refractivity (Wildman–Crippen MR) is 98.7 cm³/mol. The Labute approximate surface area is 152 Å². The lowest BCUT2D eigenvalue weighted by Gasteiger charge is -2.12. The molecule has 0 spiro atoms. The summed E-state index contributed by atoms with van der Waals surface area (Å²) in [5, 5.41) is 2.96. The Morgan fingerprint density at radius 2 is 1.92 bits per heavy atom. The largest absolute Gasteiger partial charge is 0.436 e. The number of benzene rings is 2. The fourth-order valence-electron chi connectivity index (χ4n) is 3.11. The summed E-state index contributed by atoms with van der Waals surface area (Å²) in [5.74, 6) is 0.970. The highest BCUT2D eigenvalue weighted by Crippen LogP contribution is 2.28. The van der Waals surface area contributed by atoms with Gasteiger partial charge in [0.2, 0.25) is 5.89 Å². The maximum absolute atomic E-state index is 12.6. The molecule has 1 atom stereocenters. The number of amides is 1. The molecule has 5 nitrogen and oxygen atoms in total. The van der Waals surface area contributed by atoms with Crippen LogP contribution in [0.3, 0.4) is 0 Å². The van der Waals surface area contributed by atoms with E-state index < -0.39 is 0 Å². The second kappa shape index (κ2) is 7.54. The van der Waals surface area contributed by atoms with Crippen LogP contribution in [-0.4, -0.2) is 30.1 Å². The Kier molecular flexibility index (Phi) is 4.80. The average Bonchev–Trinajstić information content (AvgIpc) is 3.39. The van der Waals surface area contributed by atoms with E-state index in [2.05, 4.69) is 10.3 Å². The van der Waals surface area contributed by atoms with E-state index in [0.717, 1.165) is 25.0 Å². The van der Waals surface area contributed by atoms with Crippen LogP contribution in [-0.2, 0) is 4.74 Å². The van der Waals surface area contributed by atoms with Crippen molar-refractivity contribution < 1.29 is 13.9 Å². The van der Waals surface area contributed by atoms with Crippen LogP contribution in [0.5, 0.6) is 0 Å². The number of ether oxygens (including phenoxy) is 1. The topological polar surface area (TPSA) is 64.4 Å². The first-order valence-electron chi connectivity index (χ1n) is 8.82. The van der Waals surface area contributed by atoms with Crippen molar-refractivity contribution in [3.05, 3.63) is 66.4 Å². The van der Waals surface area contributed by atoms with Gasteiger partial charge in [-0.25, -0.2) is 4.98 Å². The van der Waals surface area contributed by atoms with Crippen molar-refractivity contribution in [3.63, 3.8) is 0 Å². The van der Waals surface area contributed by atoms with Crippen molar-refractivity contribution in [3.8, 4) is 22.8 Å². The first-order valence-corrected chi connectivity index (χ1v) is 8.82. The van der Waals surface area contributed by atoms with Crippen LogP contribution < -0.4 is 5.32 Å². The van der Waals surface area contributed by atoms with Crippen LogP contribution in [0.1, 0.15) is 23.2 Å². The van der Waals surface area contributed by atoms with Gasteiger partial charge < -0.3 is 14.5 Å². The summed E-state index contributed by atoms with van der Waals surface area (Å²) in [6.45, 7) is 1.30. The predicted octanol–water partition coefficient (Wildman–Crippen LogP) is 3.92. The zero-order valence-corrected chi connectivity index (χ0v) is 14.4. The van der Waals surface area contributed by atoms with Crippen LogP contribution >= 0.6 is 0 Å². The van der Waals surface area contributed by atoms with E-state index in [1.165, 1.54) is 0 Å². The molecule has 2 heterocycles. The third kappa shape index (κ3) is 3.53. The molecule has 1 aliphatic heterocycles. The van der Waals surface area contributed by atoms with Gasteiger partial charge in [-0.2, -0.15) is 0 Å². The molecule has 0 bridgehead atoms. The Hall–Kier alpha value is -2.92. The lowest BCUT2D eigenvalue weighted by Crippen LogP contribution is -2.32. The molecule has 0 radical (unpaired) electrons. The Bertz CT molecular complexity index is 883. The summed E-state index contributed by atoms with van der Waals surface area (Å²) in [7, 11) is 0. The fraction of sp³-hybridized carbons (Fsp3) is 0.238. The third-order valence-corrected chi connectivity index (χ3v) is 4.48. The zero-order chi connectivity index (χ0) is 17.8. The smallest absolute Gasteiger partial charge is 0.252 e. The molecule has 4 rings (SSSR count). The SMILES string of the molecule is O=C(NCC1CCCO1)c1ccccc1-c1ncc(-c2ccccc2)o1. The third-order valence-electron chi connectivity index (χ3n) is 4.48. The van der Waals surface area contributed by atoms with Gasteiger partial charge in [-0.3, -0.25) is 4.79 Å². The van der Waals surface area contributed by atoms with Crippen molar-refractivity contribution >= 4 is 5.91 Å². The molecule has 1 N–H and O–H groups in total. The van der Waals surface area contributed by atoms with Gasteiger partial charge >= 0.3 is 0 Å². The molecule has 1 aromatic heterocycles. The maximum atomic E-state index is 12.6. The standard InChI is InChI=1S/C21H20N2O3/c24-20(22-13-16-9-6-12-25-16)17-10-4-5-11-18(17)21-23-14-19(26-21)15-7-2-1-3-8-15/h1-5,7-8,10-11,14,16H,6,9,12-13H2,(H,22,24). The number of nitrogens with one attached hydrogen (secondary N) is 1. The highest BCUT2D eigenvalue weighted by atomic mass is 16.5. The minimum atomic E-state index is -0.143. The van der Waals surface area contributed by atoms with Gasteiger partial charge in [0.25, 0.3) is 5.91 Å². The monoisotopic (exact) mass is 348 g/mol. The molecule has 1 aliphatic rings. The molecule has 1 unspecified atom stereocenters. The fourth-order valence-corrected chi connectivity index (χ4v) is 3.11. The van der Waals surface area contributed by atoms with E-state index in [1.807, 2.05) is 48.5 Å². The first kappa shape index (κ1) is 16.5. The molecule has 2 aromatic carbocycles. The van der Waals surface area contributed by atoms with Crippen molar-refractivity contribution in [2.24, 2.45) is 0 Å². The minimum Gasteiger partial charge on any atom is -0.436 e. The van der Waals surface area contributed by atoms with Gasteiger partial charge in [0, 0.05) is 24.3 Å². The molecular weight excluding hydrogens is 328 g/mol. The summed E-state index contributed by atoms with van der Waals surface area (Å²) in [4.78, 5) is 17.0. The van der Waals surface area contributed by atoms with Crippen LogP contribution in [0.25, 0.3) is 22.8 Å². The number of nitrogens with zero attached hydrogens (tertiary/aromatic N) is 1. The van der Waals surface area contributed by atoms with E-state index in [1.54, 1.807) is 12.3 Å². The summed E-state index contributed by atoms with van der Waals surface area (Å²) in [6.07, 6.45) is 3.83. The number of hydrogen-bond acceptors (Lipinski definition) is 4. The second-order valence-electron chi connectivity index (χ2n) is 6.29. The van der Waals surface area contributed by atoms with E-state index >= 15 is 0 Å². The number of aromatic nitrogens is 1. The summed E-state index contributed by atoms with van der Waals surface area (Å²) in [5.41, 5.74) is 2.18. The normalized spacial score (nSPS) is 16.5. The Morgan fingerprint density at radius 1 is 1.12 bits per heavy atom. The molecule has 0 aliphatic carbocycles. The summed E-state index contributed by atoms with van der Waals surface area (Å²) >= 11 is 0. The van der Waals surface area contributed by atoms with Crippen molar-refractivity contribution in [1.82, 2.24) is 10.3 Å². The number of hydrogen-bond donors (Lipinski definition) is 1. The van der Waals surface area contributed by atoms with Crippen molar-refractivity contribution in [2.75, 3.05) is 13.2 Å². The Morgan fingerprint density at radius 3 is 2.73 bits per heavy atom. The molecule has 1 saturated heterocycles. The zero-order valence-electron chi connectivity index (χ0n) is 14.4. The molecule has 1 fully saturated rings. The number of rotatable bonds is 5. The molecule has 26 heavy (non-hydrogen) atoms. The lowest BCUT2D eigenvalue weighted by molar-refractivity contribution is 0.0858. The molecule has 3 aromatic rings. The van der Waals surface area contributed by atoms with Crippen LogP contribution in [0.15, 0.2) is 65.2 Å². The van der Waals surface area contributed by atoms with E-state index in [0.29, 0.717) is 29.3 Å². The minimum absolute atomic E-state index is 0.109. The first-order chi connectivity index (χ1) is 12.8.